The lowest BCUT2D eigenvalue weighted by atomic mass is 10.2. The van der Waals surface area contributed by atoms with E-state index in [0.717, 1.165) is 33.6 Å². The molecule has 0 saturated carbocycles. The molecule has 0 aromatic carbocycles. The first-order chi connectivity index (χ1) is 8.67. The number of rotatable bonds is 5. The summed E-state index contributed by atoms with van der Waals surface area (Å²) in [7, 11) is 0. The molecule has 0 radical (unpaired) electrons. The lowest BCUT2D eigenvalue weighted by Crippen LogP contribution is -2.10. The summed E-state index contributed by atoms with van der Waals surface area (Å²) in [5.41, 5.74) is 1.82. The molecule has 0 aliphatic heterocycles. The van der Waals surface area contributed by atoms with Gasteiger partial charge in [0.05, 0.1) is 5.88 Å². The Hall–Kier alpha value is -0.260. The first kappa shape index (κ1) is 14.2. The molecule has 0 fully saturated rings. The van der Waals surface area contributed by atoms with E-state index in [4.69, 9.17) is 11.6 Å². The molecule has 2 aromatic rings. The van der Waals surface area contributed by atoms with E-state index in [1.54, 1.807) is 6.20 Å². The minimum absolute atomic E-state index is 0.366. The van der Waals surface area contributed by atoms with E-state index in [0.29, 0.717) is 11.9 Å². The van der Waals surface area contributed by atoms with Crippen LogP contribution in [0.15, 0.2) is 16.7 Å². The van der Waals surface area contributed by atoms with Crippen molar-refractivity contribution < 1.29 is 0 Å². The highest BCUT2D eigenvalue weighted by Crippen LogP contribution is 2.25. The Kier molecular flexibility index (Phi) is 4.92. The summed E-state index contributed by atoms with van der Waals surface area (Å²) in [5.74, 6) is 2.43. The van der Waals surface area contributed by atoms with Crippen LogP contribution >= 0.6 is 39.3 Å². The Morgan fingerprint density at radius 3 is 3.00 bits per heavy atom. The van der Waals surface area contributed by atoms with E-state index < -0.39 is 0 Å². The normalized spacial score (nSPS) is 13.1. The average molecular weight is 349 g/mol. The smallest absolute Gasteiger partial charge is 0.160 e. The number of nitrogens with zero attached hydrogens (tertiary/aromatic N) is 3. The van der Waals surface area contributed by atoms with Crippen LogP contribution in [-0.4, -0.2) is 26.5 Å². The van der Waals surface area contributed by atoms with E-state index in [2.05, 4.69) is 43.6 Å². The van der Waals surface area contributed by atoms with Gasteiger partial charge in [0.1, 0.15) is 11.3 Å². The van der Waals surface area contributed by atoms with Gasteiger partial charge in [0, 0.05) is 16.7 Å². The van der Waals surface area contributed by atoms with Gasteiger partial charge >= 0.3 is 0 Å². The monoisotopic (exact) mass is 347 g/mol. The number of thioether (sulfide) groups is 1. The van der Waals surface area contributed by atoms with Gasteiger partial charge in [0.2, 0.25) is 0 Å². The maximum atomic E-state index is 5.99. The predicted octanol–water partition coefficient (Wildman–Crippen LogP) is 4.25. The molecule has 0 N–H and O–H groups in total. The van der Waals surface area contributed by atoms with Gasteiger partial charge in [-0.25, -0.2) is 9.97 Å². The fourth-order valence-electron chi connectivity index (χ4n) is 1.98. The Morgan fingerprint density at radius 1 is 1.56 bits per heavy atom. The van der Waals surface area contributed by atoms with Crippen LogP contribution in [0.1, 0.15) is 25.2 Å². The maximum Gasteiger partial charge on any atom is 0.160 e. The number of aromatic nitrogens is 3. The van der Waals surface area contributed by atoms with E-state index in [1.807, 2.05) is 17.8 Å². The molecule has 3 nitrogen and oxygen atoms in total. The highest BCUT2D eigenvalue weighted by atomic mass is 79.9. The zero-order valence-corrected chi connectivity index (χ0v) is 13.5. The van der Waals surface area contributed by atoms with Gasteiger partial charge in [-0.15, -0.1) is 11.6 Å². The third kappa shape index (κ3) is 2.83. The molecule has 2 rings (SSSR count). The van der Waals surface area contributed by atoms with Gasteiger partial charge in [-0.2, -0.15) is 11.8 Å². The molecule has 0 aliphatic rings. The summed E-state index contributed by atoms with van der Waals surface area (Å²) in [6.45, 7) is 2.19. The number of pyridine rings is 1. The van der Waals surface area contributed by atoms with Crippen molar-refractivity contribution in [1.29, 1.82) is 0 Å². The Balaban J connectivity index is 2.46. The van der Waals surface area contributed by atoms with Gasteiger partial charge < -0.3 is 4.57 Å². The molecule has 6 heteroatoms. The Bertz CT molecular complexity index is 543. The number of alkyl halides is 1. The fraction of sp³-hybridized carbons (Fsp3) is 0.500. The average Bonchev–Trinajstić information content (AvgIpc) is 2.73. The van der Waals surface area contributed by atoms with Crippen LogP contribution in [0, 0.1) is 0 Å². The minimum Gasteiger partial charge on any atom is -0.309 e. The van der Waals surface area contributed by atoms with Crippen molar-refractivity contribution in [2.24, 2.45) is 0 Å². The SMILES string of the molecule is CSCCC(C)n1c(CCl)nc2cc(Br)cnc21. The van der Waals surface area contributed by atoms with Crippen molar-refractivity contribution in [3.63, 3.8) is 0 Å². The minimum atomic E-state index is 0.366. The second-order valence-corrected chi connectivity index (χ2v) is 6.33. The van der Waals surface area contributed by atoms with Crippen LogP contribution in [0.3, 0.4) is 0 Å². The van der Waals surface area contributed by atoms with Crippen LogP contribution < -0.4 is 0 Å². The molecule has 98 valence electrons. The molecule has 18 heavy (non-hydrogen) atoms. The highest BCUT2D eigenvalue weighted by molar-refractivity contribution is 9.10. The highest BCUT2D eigenvalue weighted by Gasteiger charge is 2.16. The summed E-state index contributed by atoms with van der Waals surface area (Å²) < 4.78 is 3.10. The molecule has 0 amide bonds. The number of hydrogen-bond acceptors (Lipinski definition) is 3. The first-order valence-electron chi connectivity index (χ1n) is 5.74. The van der Waals surface area contributed by atoms with Crippen molar-refractivity contribution in [3.8, 4) is 0 Å². The van der Waals surface area contributed by atoms with Gasteiger partial charge in [-0.1, -0.05) is 0 Å². The van der Waals surface area contributed by atoms with Gasteiger partial charge in [-0.05, 0) is 47.3 Å². The lowest BCUT2D eigenvalue weighted by molar-refractivity contribution is 0.530. The standard InChI is InChI=1S/C12H15BrClN3S/c1-8(3-4-18-2)17-11(6-14)16-10-5-9(13)7-15-12(10)17/h5,7-8H,3-4,6H2,1-2H3. The number of imidazole rings is 1. The molecular formula is C12H15BrClN3S. The summed E-state index contributed by atoms with van der Waals surface area (Å²) in [4.78, 5) is 9.02. The maximum absolute atomic E-state index is 5.99. The van der Waals surface area contributed by atoms with Gasteiger partial charge in [-0.3, -0.25) is 0 Å². The van der Waals surface area contributed by atoms with Crippen LogP contribution in [0.4, 0.5) is 0 Å². The molecule has 0 saturated heterocycles. The second-order valence-electron chi connectivity index (χ2n) is 4.16. The summed E-state index contributed by atoms with van der Waals surface area (Å²) >= 11 is 11.3. The quantitative estimate of drug-likeness (QED) is 0.757. The van der Waals surface area contributed by atoms with E-state index in [1.165, 1.54) is 0 Å². The van der Waals surface area contributed by atoms with Crippen molar-refractivity contribution in [3.05, 3.63) is 22.6 Å². The van der Waals surface area contributed by atoms with E-state index >= 15 is 0 Å². The third-order valence-electron chi connectivity index (χ3n) is 2.87. The van der Waals surface area contributed by atoms with E-state index in [-0.39, 0.29) is 0 Å². The van der Waals surface area contributed by atoms with Crippen LogP contribution in [0.5, 0.6) is 0 Å². The number of hydrogen-bond donors (Lipinski definition) is 0. The zero-order valence-electron chi connectivity index (χ0n) is 10.4. The van der Waals surface area contributed by atoms with Crippen LogP contribution in [-0.2, 0) is 5.88 Å². The zero-order chi connectivity index (χ0) is 13.1. The summed E-state index contributed by atoms with van der Waals surface area (Å²) in [5, 5.41) is 0. The van der Waals surface area contributed by atoms with Crippen LogP contribution in [0.25, 0.3) is 11.2 Å². The molecule has 2 aromatic heterocycles. The molecular weight excluding hydrogens is 334 g/mol. The van der Waals surface area contributed by atoms with Gasteiger partial charge in [0.15, 0.2) is 5.65 Å². The van der Waals surface area contributed by atoms with Crippen molar-refractivity contribution in [2.75, 3.05) is 12.0 Å². The first-order valence-corrected chi connectivity index (χ1v) is 8.46. The molecule has 0 bridgehead atoms. The fourth-order valence-corrected chi connectivity index (χ4v) is 3.06. The molecule has 0 spiro atoms. The topological polar surface area (TPSA) is 30.7 Å². The van der Waals surface area contributed by atoms with Gasteiger partial charge in [0.25, 0.3) is 0 Å². The molecule has 0 aliphatic carbocycles. The molecule has 1 atom stereocenters. The Labute approximate surface area is 124 Å². The number of halogens is 2. The molecule has 2 heterocycles. The van der Waals surface area contributed by atoms with Crippen LogP contribution in [0.2, 0.25) is 0 Å². The summed E-state index contributed by atoms with van der Waals surface area (Å²) in [6.07, 6.45) is 5.02. The predicted molar refractivity (Wildman–Crippen MR) is 82.5 cm³/mol. The number of fused-ring (bicyclic) bond motifs is 1. The summed E-state index contributed by atoms with van der Waals surface area (Å²) in [6, 6.07) is 2.35. The van der Waals surface area contributed by atoms with Crippen molar-refractivity contribution in [2.45, 2.75) is 25.3 Å². The largest absolute Gasteiger partial charge is 0.309 e. The third-order valence-corrected chi connectivity index (χ3v) is 4.19. The lowest BCUT2D eigenvalue weighted by Gasteiger charge is -2.15. The van der Waals surface area contributed by atoms with Crippen molar-refractivity contribution >= 4 is 50.5 Å². The molecule has 1 unspecified atom stereocenters. The van der Waals surface area contributed by atoms with Crippen molar-refractivity contribution in [1.82, 2.24) is 14.5 Å². The second kappa shape index (κ2) is 6.26. The van der Waals surface area contributed by atoms with E-state index in [9.17, 15) is 0 Å². The Morgan fingerprint density at radius 2 is 2.33 bits per heavy atom.